The summed E-state index contributed by atoms with van der Waals surface area (Å²) in [6.45, 7) is 5.26. The first-order valence-electron chi connectivity index (χ1n) is 10.4. The van der Waals surface area contributed by atoms with Crippen LogP contribution < -0.4 is 5.76 Å². The third-order valence-corrected chi connectivity index (χ3v) is 5.85. The van der Waals surface area contributed by atoms with Crippen LogP contribution in [0.25, 0.3) is 11.1 Å². The van der Waals surface area contributed by atoms with E-state index in [1.54, 1.807) is 0 Å². The van der Waals surface area contributed by atoms with E-state index in [0.717, 1.165) is 39.1 Å². The van der Waals surface area contributed by atoms with Crippen LogP contribution in [0.15, 0.2) is 27.4 Å². The van der Waals surface area contributed by atoms with Crippen molar-refractivity contribution in [1.29, 1.82) is 0 Å². The average molecular weight is 418 g/mol. The van der Waals surface area contributed by atoms with E-state index in [1.807, 2.05) is 4.90 Å². The van der Waals surface area contributed by atoms with Crippen LogP contribution in [0.3, 0.4) is 0 Å². The fraction of sp³-hybridized carbons (Fsp3) is 0.600. The van der Waals surface area contributed by atoms with Gasteiger partial charge in [-0.3, -0.25) is 24.4 Å². The van der Waals surface area contributed by atoms with Crippen molar-refractivity contribution in [2.75, 3.05) is 39.3 Å². The number of rotatable bonds is 7. The number of ether oxygens (including phenoxy) is 1. The summed E-state index contributed by atoms with van der Waals surface area (Å²) in [6.07, 6.45) is 3.43. The molecule has 10 heteroatoms. The lowest BCUT2D eigenvalue weighted by molar-refractivity contribution is -0.384. The summed E-state index contributed by atoms with van der Waals surface area (Å²) in [5, 5.41) is 10.9. The zero-order valence-electron chi connectivity index (χ0n) is 16.8. The van der Waals surface area contributed by atoms with Crippen LogP contribution in [0.2, 0.25) is 0 Å². The molecule has 2 aliphatic heterocycles. The standard InChI is InChI=1S/C20H26N4O6/c25-19(22-10-8-21(9-11-22)14-16-3-2-12-29-16)4-1-7-23-17-6-5-15(24(27)28)13-18(17)30-20(23)26/h5-6,13,16H,1-4,7-12,14H2. The maximum Gasteiger partial charge on any atom is 0.419 e. The molecule has 2 aromatic rings. The predicted molar refractivity (Wildman–Crippen MR) is 108 cm³/mol. The van der Waals surface area contributed by atoms with E-state index in [2.05, 4.69) is 4.90 Å². The number of fused-ring (bicyclic) bond motifs is 1. The van der Waals surface area contributed by atoms with Gasteiger partial charge in [0.15, 0.2) is 5.58 Å². The summed E-state index contributed by atoms with van der Waals surface area (Å²) in [5.41, 5.74) is 0.556. The molecule has 1 unspecified atom stereocenters. The molecule has 3 heterocycles. The van der Waals surface area contributed by atoms with Gasteiger partial charge in [-0.1, -0.05) is 0 Å². The van der Waals surface area contributed by atoms with E-state index in [-0.39, 0.29) is 17.2 Å². The molecule has 0 spiro atoms. The Morgan fingerprint density at radius 1 is 1.23 bits per heavy atom. The van der Waals surface area contributed by atoms with Gasteiger partial charge in [0.25, 0.3) is 5.69 Å². The second kappa shape index (κ2) is 8.97. The fourth-order valence-electron chi connectivity index (χ4n) is 4.18. The zero-order valence-corrected chi connectivity index (χ0v) is 16.8. The summed E-state index contributed by atoms with van der Waals surface area (Å²) >= 11 is 0. The zero-order chi connectivity index (χ0) is 21.1. The number of nitro groups is 1. The van der Waals surface area contributed by atoms with Crippen LogP contribution in [0.4, 0.5) is 5.69 Å². The summed E-state index contributed by atoms with van der Waals surface area (Å²) in [7, 11) is 0. The normalized spacial score (nSPS) is 20.1. The number of hydrogen-bond donors (Lipinski definition) is 0. The van der Waals surface area contributed by atoms with Crippen molar-refractivity contribution in [2.24, 2.45) is 0 Å². The number of hydrogen-bond acceptors (Lipinski definition) is 7. The molecule has 30 heavy (non-hydrogen) atoms. The first kappa shape index (κ1) is 20.5. The van der Waals surface area contributed by atoms with Crippen molar-refractivity contribution in [2.45, 2.75) is 38.3 Å². The quantitative estimate of drug-likeness (QED) is 0.496. The number of piperazine rings is 1. The van der Waals surface area contributed by atoms with E-state index >= 15 is 0 Å². The molecular weight excluding hydrogens is 392 g/mol. The van der Waals surface area contributed by atoms with E-state index in [9.17, 15) is 19.7 Å². The van der Waals surface area contributed by atoms with Gasteiger partial charge < -0.3 is 14.1 Å². The number of non-ortho nitro benzene ring substituents is 1. The van der Waals surface area contributed by atoms with Crippen LogP contribution >= 0.6 is 0 Å². The van der Waals surface area contributed by atoms with Crippen molar-refractivity contribution in [3.05, 3.63) is 38.9 Å². The van der Waals surface area contributed by atoms with E-state index in [1.165, 1.54) is 22.8 Å². The van der Waals surface area contributed by atoms with Gasteiger partial charge >= 0.3 is 5.76 Å². The smallest absolute Gasteiger partial charge is 0.407 e. The highest BCUT2D eigenvalue weighted by Gasteiger charge is 2.24. The van der Waals surface area contributed by atoms with Crippen LogP contribution in [-0.2, 0) is 16.1 Å². The minimum Gasteiger partial charge on any atom is -0.407 e. The molecule has 1 atom stereocenters. The minimum absolute atomic E-state index is 0.0863. The highest BCUT2D eigenvalue weighted by Crippen LogP contribution is 2.20. The minimum atomic E-state index is -0.569. The first-order chi connectivity index (χ1) is 14.5. The summed E-state index contributed by atoms with van der Waals surface area (Å²) in [5.74, 6) is -0.482. The largest absolute Gasteiger partial charge is 0.419 e. The molecule has 2 fully saturated rings. The molecule has 2 aliphatic rings. The molecule has 4 rings (SSSR count). The van der Waals surface area contributed by atoms with Gasteiger partial charge in [0.2, 0.25) is 5.91 Å². The molecule has 1 aromatic carbocycles. The molecule has 1 aromatic heterocycles. The summed E-state index contributed by atoms with van der Waals surface area (Å²) < 4.78 is 12.2. The average Bonchev–Trinajstić information content (AvgIpc) is 3.35. The Balaban J connectivity index is 1.26. The molecule has 0 N–H and O–H groups in total. The molecule has 1 amide bonds. The van der Waals surface area contributed by atoms with Crippen molar-refractivity contribution < 1.29 is 18.9 Å². The molecule has 0 aliphatic carbocycles. The number of aryl methyl sites for hydroxylation is 1. The number of benzene rings is 1. The van der Waals surface area contributed by atoms with Crippen LogP contribution in [-0.4, -0.2) is 70.6 Å². The van der Waals surface area contributed by atoms with Gasteiger partial charge in [-0.25, -0.2) is 4.79 Å². The lowest BCUT2D eigenvalue weighted by Gasteiger charge is -2.35. The van der Waals surface area contributed by atoms with E-state index < -0.39 is 10.7 Å². The van der Waals surface area contributed by atoms with E-state index in [4.69, 9.17) is 9.15 Å². The SMILES string of the molecule is O=C(CCCn1c(=O)oc2cc([N+](=O)[O-])ccc21)N1CCN(CC2CCCO2)CC1. The van der Waals surface area contributed by atoms with Gasteiger partial charge in [0.05, 0.1) is 22.6 Å². The van der Waals surface area contributed by atoms with Crippen LogP contribution in [0.5, 0.6) is 0 Å². The second-order valence-electron chi connectivity index (χ2n) is 7.85. The second-order valence-corrected chi connectivity index (χ2v) is 7.85. The summed E-state index contributed by atoms with van der Waals surface area (Å²) in [4.78, 5) is 39.2. The molecule has 162 valence electrons. The Hall–Kier alpha value is -2.72. The lowest BCUT2D eigenvalue weighted by atomic mass is 10.2. The van der Waals surface area contributed by atoms with Gasteiger partial charge in [0, 0.05) is 58.4 Å². The maximum absolute atomic E-state index is 12.5. The van der Waals surface area contributed by atoms with Crippen LogP contribution in [0, 0.1) is 10.1 Å². The third-order valence-electron chi connectivity index (χ3n) is 5.85. The Morgan fingerprint density at radius 3 is 2.73 bits per heavy atom. The number of oxazole rings is 1. The van der Waals surface area contributed by atoms with Gasteiger partial charge in [-0.05, 0) is 25.3 Å². The maximum atomic E-state index is 12.5. The van der Waals surface area contributed by atoms with Gasteiger partial charge in [-0.2, -0.15) is 0 Å². The fourth-order valence-corrected chi connectivity index (χ4v) is 4.18. The molecule has 0 bridgehead atoms. The van der Waals surface area contributed by atoms with Crippen molar-refractivity contribution in [1.82, 2.24) is 14.4 Å². The topological polar surface area (TPSA) is 111 Å². The highest BCUT2D eigenvalue weighted by atomic mass is 16.6. The number of aromatic nitrogens is 1. The molecule has 0 saturated carbocycles. The molecule has 0 radical (unpaired) electrons. The number of carbonyl (C=O) groups excluding carboxylic acids is 1. The molecule has 10 nitrogen and oxygen atoms in total. The van der Waals surface area contributed by atoms with Gasteiger partial charge in [0.1, 0.15) is 0 Å². The Bertz CT molecular complexity index is 969. The van der Waals surface area contributed by atoms with Crippen LogP contribution in [0.1, 0.15) is 25.7 Å². The predicted octanol–water partition coefficient (Wildman–Crippen LogP) is 1.61. The first-order valence-corrected chi connectivity index (χ1v) is 10.4. The Morgan fingerprint density at radius 2 is 2.03 bits per heavy atom. The lowest BCUT2D eigenvalue weighted by Crippen LogP contribution is -2.50. The number of carbonyl (C=O) groups is 1. The van der Waals surface area contributed by atoms with Crippen molar-refractivity contribution in [3.8, 4) is 0 Å². The monoisotopic (exact) mass is 418 g/mol. The highest BCUT2D eigenvalue weighted by molar-refractivity contribution is 5.77. The Kier molecular flexibility index (Phi) is 6.14. The molecule has 2 saturated heterocycles. The summed E-state index contributed by atoms with van der Waals surface area (Å²) in [6, 6.07) is 4.09. The van der Waals surface area contributed by atoms with E-state index in [0.29, 0.717) is 44.1 Å². The number of nitrogens with zero attached hydrogens (tertiary/aromatic N) is 4. The number of amides is 1. The Labute approximate surface area is 173 Å². The van der Waals surface area contributed by atoms with Crippen molar-refractivity contribution in [3.63, 3.8) is 0 Å². The number of nitro benzene ring substituents is 1. The molecular formula is C20H26N4O6. The third kappa shape index (κ3) is 4.54. The van der Waals surface area contributed by atoms with Crippen molar-refractivity contribution >= 4 is 22.7 Å². The van der Waals surface area contributed by atoms with Gasteiger partial charge in [-0.15, -0.1) is 0 Å².